The molecule has 2 N–H and O–H groups in total. The predicted molar refractivity (Wildman–Crippen MR) is 132 cm³/mol. The molecule has 184 valence electrons. The Morgan fingerprint density at radius 2 is 1.94 bits per heavy atom. The molecular formula is C24H33N5O4S. The number of hydrogen-bond donors (Lipinski definition) is 2. The van der Waals surface area contributed by atoms with Crippen LogP contribution in [0.3, 0.4) is 0 Å². The molecule has 2 unspecified atom stereocenters. The highest BCUT2D eigenvalue weighted by molar-refractivity contribution is 7.99. The van der Waals surface area contributed by atoms with E-state index >= 15 is 0 Å². The first-order valence-electron chi connectivity index (χ1n) is 11.4. The highest BCUT2D eigenvalue weighted by atomic mass is 32.2. The Balaban J connectivity index is 1.47. The van der Waals surface area contributed by atoms with Gasteiger partial charge in [-0.15, -0.1) is 10.2 Å². The van der Waals surface area contributed by atoms with Crippen LogP contribution in [-0.4, -0.2) is 52.6 Å². The van der Waals surface area contributed by atoms with Crippen LogP contribution in [0.1, 0.15) is 44.0 Å². The lowest BCUT2D eigenvalue weighted by Crippen LogP contribution is -2.41. The van der Waals surface area contributed by atoms with Crippen molar-refractivity contribution in [2.45, 2.75) is 50.4 Å². The molecule has 0 saturated heterocycles. The number of ether oxygens (including phenoxy) is 2. The van der Waals surface area contributed by atoms with Gasteiger partial charge in [0.05, 0.1) is 26.5 Å². The van der Waals surface area contributed by atoms with Crippen molar-refractivity contribution >= 4 is 29.7 Å². The van der Waals surface area contributed by atoms with Crippen LogP contribution in [-0.2, 0) is 23.2 Å². The molecule has 1 saturated carbocycles. The summed E-state index contributed by atoms with van der Waals surface area (Å²) < 4.78 is 12.3. The fourth-order valence-corrected chi connectivity index (χ4v) is 4.63. The van der Waals surface area contributed by atoms with Crippen molar-refractivity contribution in [3.8, 4) is 11.5 Å². The van der Waals surface area contributed by atoms with E-state index in [1.807, 2.05) is 13.1 Å². The summed E-state index contributed by atoms with van der Waals surface area (Å²) in [5.41, 5.74) is 0.811. The van der Waals surface area contributed by atoms with Crippen LogP contribution >= 0.6 is 11.8 Å². The lowest BCUT2D eigenvalue weighted by Gasteiger charge is -2.29. The fraction of sp³-hybridized carbons (Fsp3) is 0.500. The molecule has 1 heterocycles. The van der Waals surface area contributed by atoms with Crippen LogP contribution < -0.4 is 20.1 Å². The van der Waals surface area contributed by atoms with E-state index in [4.69, 9.17) is 9.47 Å². The molecule has 0 radical (unpaired) electrons. The van der Waals surface area contributed by atoms with E-state index in [9.17, 15) is 9.59 Å². The van der Waals surface area contributed by atoms with E-state index in [2.05, 4.69) is 27.8 Å². The van der Waals surface area contributed by atoms with Gasteiger partial charge in [-0.25, -0.2) is 0 Å². The number of thioether (sulfide) groups is 1. The summed E-state index contributed by atoms with van der Waals surface area (Å²) in [7, 11) is 4.96. The van der Waals surface area contributed by atoms with Crippen LogP contribution in [0.15, 0.2) is 29.4 Å². The van der Waals surface area contributed by atoms with E-state index in [-0.39, 0.29) is 30.2 Å². The maximum Gasteiger partial charge on any atom is 0.244 e. The SMILES string of the molecule is COc1ccc(C=CC(=O)NCc2nnc(SCC(=O)NC3CCCCC3C)n2C)cc1OC. The second-order valence-corrected chi connectivity index (χ2v) is 9.29. The average molecular weight is 488 g/mol. The highest BCUT2D eigenvalue weighted by Gasteiger charge is 2.23. The number of aromatic nitrogens is 3. The molecule has 0 bridgehead atoms. The van der Waals surface area contributed by atoms with Crippen molar-refractivity contribution in [1.29, 1.82) is 0 Å². The third-order valence-corrected chi connectivity index (χ3v) is 6.99. The predicted octanol–water partition coefficient (Wildman–Crippen LogP) is 2.95. The third-order valence-electron chi connectivity index (χ3n) is 5.97. The summed E-state index contributed by atoms with van der Waals surface area (Å²) in [6.07, 6.45) is 7.77. The Hall–Kier alpha value is -3.01. The van der Waals surface area contributed by atoms with Crippen molar-refractivity contribution in [2.75, 3.05) is 20.0 Å². The molecule has 10 heteroatoms. The normalized spacial score (nSPS) is 18.0. The molecular weight excluding hydrogens is 454 g/mol. The number of carbonyl (C=O) groups excluding carboxylic acids is 2. The van der Waals surface area contributed by atoms with Gasteiger partial charge in [-0.3, -0.25) is 9.59 Å². The smallest absolute Gasteiger partial charge is 0.244 e. The van der Waals surface area contributed by atoms with Crippen LogP contribution in [0.25, 0.3) is 6.08 Å². The third kappa shape index (κ3) is 6.99. The Labute approximate surface area is 204 Å². The minimum Gasteiger partial charge on any atom is -0.493 e. The lowest BCUT2D eigenvalue weighted by molar-refractivity contribution is -0.120. The summed E-state index contributed by atoms with van der Waals surface area (Å²) in [5.74, 6) is 2.40. The number of nitrogens with one attached hydrogen (secondary N) is 2. The van der Waals surface area contributed by atoms with E-state index in [0.717, 1.165) is 12.0 Å². The quantitative estimate of drug-likeness (QED) is 0.392. The molecule has 2 aromatic rings. The maximum absolute atomic E-state index is 12.4. The molecule has 0 spiro atoms. The maximum atomic E-state index is 12.4. The zero-order valence-electron chi connectivity index (χ0n) is 20.2. The molecule has 9 nitrogen and oxygen atoms in total. The van der Waals surface area contributed by atoms with E-state index in [0.29, 0.717) is 28.4 Å². The minimum absolute atomic E-state index is 0.0157. The van der Waals surface area contributed by atoms with Gasteiger partial charge >= 0.3 is 0 Å². The Morgan fingerprint density at radius 1 is 1.18 bits per heavy atom. The fourth-order valence-electron chi connectivity index (χ4n) is 3.89. The largest absolute Gasteiger partial charge is 0.493 e. The van der Waals surface area contributed by atoms with Gasteiger partial charge in [-0.2, -0.15) is 0 Å². The minimum atomic E-state index is -0.257. The molecule has 2 atom stereocenters. The van der Waals surface area contributed by atoms with Crippen molar-refractivity contribution in [3.05, 3.63) is 35.7 Å². The lowest BCUT2D eigenvalue weighted by atomic mass is 9.86. The van der Waals surface area contributed by atoms with Crippen LogP contribution in [0.2, 0.25) is 0 Å². The second kappa shape index (κ2) is 12.5. The number of carbonyl (C=O) groups is 2. The van der Waals surface area contributed by atoms with E-state index < -0.39 is 0 Å². The van der Waals surface area contributed by atoms with Gasteiger partial charge < -0.3 is 24.7 Å². The number of benzene rings is 1. The molecule has 1 aromatic heterocycles. The summed E-state index contributed by atoms with van der Waals surface area (Å²) in [4.78, 5) is 24.6. The Morgan fingerprint density at radius 3 is 2.68 bits per heavy atom. The molecule has 1 aliphatic rings. The molecule has 0 aliphatic heterocycles. The first-order valence-corrected chi connectivity index (χ1v) is 12.4. The zero-order chi connectivity index (χ0) is 24.5. The Kier molecular flexibility index (Phi) is 9.38. The van der Waals surface area contributed by atoms with Crippen molar-refractivity contribution in [1.82, 2.24) is 25.4 Å². The Bertz CT molecular complexity index is 1020. The molecule has 1 aliphatic carbocycles. The summed E-state index contributed by atoms with van der Waals surface area (Å²) in [6, 6.07) is 5.67. The second-order valence-electron chi connectivity index (χ2n) is 8.35. The number of hydrogen-bond acceptors (Lipinski definition) is 7. The van der Waals surface area contributed by atoms with Crippen LogP contribution in [0.4, 0.5) is 0 Å². The summed E-state index contributed by atoms with van der Waals surface area (Å²) >= 11 is 1.34. The van der Waals surface area contributed by atoms with Gasteiger partial charge in [-0.05, 0) is 42.5 Å². The summed E-state index contributed by atoms with van der Waals surface area (Å²) in [5, 5.41) is 14.9. The summed E-state index contributed by atoms with van der Waals surface area (Å²) in [6.45, 7) is 2.43. The van der Waals surface area contributed by atoms with Crippen molar-refractivity contribution in [2.24, 2.45) is 13.0 Å². The molecule has 1 aromatic carbocycles. The molecule has 34 heavy (non-hydrogen) atoms. The van der Waals surface area contributed by atoms with Gasteiger partial charge in [0.25, 0.3) is 0 Å². The first kappa shape index (κ1) is 25.6. The monoisotopic (exact) mass is 487 g/mol. The number of amides is 2. The number of methoxy groups -OCH3 is 2. The highest BCUT2D eigenvalue weighted by Crippen LogP contribution is 2.28. The zero-order valence-corrected chi connectivity index (χ0v) is 21.0. The van der Waals surface area contributed by atoms with E-state index in [1.54, 1.807) is 37.0 Å². The van der Waals surface area contributed by atoms with Crippen molar-refractivity contribution < 1.29 is 19.1 Å². The average Bonchev–Trinajstić information content (AvgIpc) is 3.20. The van der Waals surface area contributed by atoms with Crippen LogP contribution in [0, 0.1) is 5.92 Å². The van der Waals surface area contributed by atoms with Gasteiger partial charge in [-0.1, -0.05) is 37.6 Å². The van der Waals surface area contributed by atoms with Crippen LogP contribution in [0.5, 0.6) is 11.5 Å². The standard InChI is InChI=1S/C24H33N5O4S/c1-16-7-5-6-8-18(16)26-23(31)15-34-24-28-27-21(29(24)2)14-25-22(30)12-10-17-9-11-19(32-3)20(13-17)33-4/h9-13,16,18H,5-8,14-15H2,1-4H3,(H,25,30)(H,26,31). The molecule has 2 amide bonds. The molecule has 3 rings (SSSR count). The van der Waals surface area contributed by atoms with Gasteiger partial charge in [0.15, 0.2) is 22.5 Å². The topological polar surface area (TPSA) is 107 Å². The van der Waals surface area contributed by atoms with Gasteiger partial charge in [0, 0.05) is 19.2 Å². The van der Waals surface area contributed by atoms with Gasteiger partial charge in [0.1, 0.15) is 0 Å². The number of rotatable bonds is 10. The molecule has 1 fully saturated rings. The van der Waals surface area contributed by atoms with Gasteiger partial charge in [0.2, 0.25) is 11.8 Å². The van der Waals surface area contributed by atoms with E-state index in [1.165, 1.54) is 37.1 Å². The number of nitrogens with zero attached hydrogens (tertiary/aromatic N) is 3. The first-order chi connectivity index (χ1) is 16.4. The van der Waals surface area contributed by atoms with Crippen molar-refractivity contribution in [3.63, 3.8) is 0 Å².